The van der Waals surface area contributed by atoms with Crippen LogP contribution in [-0.2, 0) is 10.5 Å². The first-order valence-corrected chi connectivity index (χ1v) is 10.3. The SMILES string of the molecule is Cc1cccc2c(=O)[nH]c(CS[C@H]3CC[C@H](CN)CC3)nc12.O=C(O)C(F)(F)F. The molecule has 6 nitrogen and oxygen atoms in total. The van der Waals surface area contributed by atoms with Crippen molar-refractivity contribution in [3.05, 3.63) is 39.9 Å². The number of carboxylic acid groups (broad SMARTS) is 1. The first-order chi connectivity index (χ1) is 13.6. The highest BCUT2D eigenvalue weighted by molar-refractivity contribution is 7.99. The van der Waals surface area contributed by atoms with E-state index in [2.05, 4.69) is 9.97 Å². The first kappa shape index (κ1) is 23.2. The van der Waals surface area contributed by atoms with E-state index >= 15 is 0 Å². The molecule has 0 radical (unpaired) electrons. The van der Waals surface area contributed by atoms with Crippen LogP contribution >= 0.6 is 11.8 Å². The zero-order chi connectivity index (χ0) is 21.6. The Bertz CT molecular complexity index is 894. The van der Waals surface area contributed by atoms with Gasteiger partial charge < -0.3 is 15.8 Å². The largest absolute Gasteiger partial charge is 0.490 e. The number of aliphatic carboxylic acids is 1. The predicted octanol–water partition coefficient (Wildman–Crippen LogP) is 3.62. The summed E-state index contributed by atoms with van der Waals surface area (Å²) in [6.45, 7) is 2.82. The Morgan fingerprint density at radius 1 is 1.31 bits per heavy atom. The number of hydrogen-bond donors (Lipinski definition) is 3. The van der Waals surface area contributed by atoms with Crippen LogP contribution in [0.4, 0.5) is 13.2 Å². The van der Waals surface area contributed by atoms with Gasteiger partial charge in [-0.3, -0.25) is 4.79 Å². The summed E-state index contributed by atoms with van der Waals surface area (Å²) < 4.78 is 31.7. The van der Waals surface area contributed by atoms with Crippen LogP contribution in [0.3, 0.4) is 0 Å². The number of carboxylic acids is 1. The molecule has 0 spiro atoms. The predicted molar refractivity (Wildman–Crippen MR) is 107 cm³/mol. The van der Waals surface area contributed by atoms with Crippen molar-refractivity contribution in [3.8, 4) is 0 Å². The summed E-state index contributed by atoms with van der Waals surface area (Å²) in [5.41, 5.74) is 7.59. The fourth-order valence-corrected chi connectivity index (χ4v) is 4.29. The molecule has 1 aliphatic carbocycles. The number of nitrogens with two attached hydrogens (primary N) is 1. The molecule has 2 aromatic rings. The number of H-pyrrole nitrogens is 1. The van der Waals surface area contributed by atoms with Gasteiger partial charge in [0.05, 0.1) is 16.7 Å². The Kier molecular flexibility index (Phi) is 8.09. The molecule has 0 atom stereocenters. The molecule has 29 heavy (non-hydrogen) atoms. The fourth-order valence-electron chi connectivity index (χ4n) is 3.15. The normalized spacial score (nSPS) is 19.5. The number of rotatable bonds is 4. The van der Waals surface area contributed by atoms with E-state index in [0.29, 0.717) is 16.6 Å². The number of alkyl halides is 3. The second-order valence-electron chi connectivity index (χ2n) is 6.98. The smallest absolute Gasteiger partial charge is 0.475 e. The molecule has 1 heterocycles. The summed E-state index contributed by atoms with van der Waals surface area (Å²) in [5, 5.41) is 8.47. The van der Waals surface area contributed by atoms with E-state index in [1.54, 1.807) is 0 Å². The van der Waals surface area contributed by atoms with E-state index < -0.39 is 12.1 Å². The highest BCUT2D eigenvalue weighted by Crippen LogP contribution is 2.32. The third-order valence-electron chi connectivity index (χ3n) is 4.81. The quantitative estimate of drug-likeness (QED) is 0.682. The van der Waals surface area contributed by atoms with Crippen molar-refractivity contribution in [1.82, 2.24) is 9.97 Å². The van der Waals surface area contributed by atoms with Gasteiger partial charge in [0.25, 0.3) is 5.56 Å². The van der Waals surface area contributed by atoms with E-state index in [1.165, 1.54) is 25.7 Å². The average Bonchev–Trinajstić information content (AvgIpc) is 2.67. The van der Waals surface area contributed by atoms with Crippen molar-refractivity contribution in [2.24, 2.45) is 11.7 Å². The van der Waals surface area contributed by atoms with Gasteiger partial charge in [-0.05, 0) is 56.7 Å². The highest BCUT2D eigenvalue weighted by atomic mass is 32.2. The number of halogens is 3. The van der Waals surface area contributed by atoms with Crippen molar-refractivity contribution in [3.63, 3.8) is 0 Å². The lowest BCUT2D eigenvalue weighted by molar-refractivity contribution is -0.192. The number of aromatic nitrogens is 2. The maximum atomic E-state index is 12.2. The Balaban J connectivity index is 0.000000370. The molecule has 4 N–H and O–H groups in total. The molecule has 0 aliphatic heterocycles. The van der Waals surface area contributed by atoms with Crippen molar-refractivity contribution in [2.75, 3.05) is 6.54 Å². The van der Waals surface area contributed by atoms with Crippen LogP contribution < -0.4 is 11.3 Å². The van der Waals surface area contributed by atoms with Crippen LogP contribution in [0.1, 0.15) is 37.1 Å². The zero-order valence-corrected chi connectivity index (χ0v) is 16.8. The molecule has 0 bridgehead atoms. The standard InChI is InChI=1S/C17H23N3OS.C2HF3O2/c1-11-3-2-4-14-16(11)19-15(20-17(14)21)10-22-13-7-5-12(9-18)6-8-13;3-2(4,5)1(6)7/h2-4,12-13H,5-10,18H2,1H3,(H,19,20,21);(H,6,7)/t12-,13-;. The van der Waals surface area contributed by atoms with Crippen molar-refractivity contribution >= 4 is 28.6 Å². The monoisotopic (exact) mass is 431 g/mol. The molecule has 1 saturated carbocycles. The average molecular weight is 431 g/mol. The van der Waals surface area contributed by atoms with Gasteiger partial charge >= 0.3 is 12.1 Å². The molecule has 1 aromatic carbocycles. The van der Waals surface area contributed by atoms with Gasteiger partial charge in [-0.2, -0.15) is 24.9 Å². The molecule has 0 saturated heterocycles. The van der Waals surface area contributed by atoms with Crippen molar-refractivity contribution < 1.29 is 23.1 Å². The van der Waals surface area contributed by atoms with E-state index in [1.807, 2.05) is 36.9 Å². The van der Waals surface area contributed by atoms with E-state index in [9.17, 15) is 18.0 Å². The molecule has 1 aliphatic rings. The zero-order valence-electron chi connectivity index (χ0n) is 16.0. The third-order valence-corrected chi connectivity index (χ3v) is 6.20. The number of para-hydroxylation sites is 1. The molecular weight excluding hydrogens is 407 g/mol. The maximum Gasteiger partial charge on any atom is 0.490 e. The van der Waals surface area contributed by atoms with Crippen LogP contribution in [0, 0.1) is 12.8 Å². The molecule has 160 valence electrons. The molecule has 0 amide bonds. The van der Waals surface area contributed by atoms with Crippen LogP contribution in [-0.4, -0.2) is 39.0 Å². The number of aryl methyl sites for hydroxylation is 1. The molecular formula is C19H24F3N3O3S. The molecule has 0 unspecified atom stereocenters. The number of nitrogens with zero attached hydrogens (tertiary/aromatic N) is 1. The van der Waals surface area contributed by atoms with E-state index in [-0.39, 0.29) is 5.56 Å². The summed E-state index contributed by atoms with van der Waals surface area (Å²) in [6, 6.07) is 5.73. The number of aromatic amines is 1. The summed E-state index contributed by atoms with van der Waals surface area (Å²) >= 11 is 1.91. The van der Waals surface area contributed by atoms with E-state index in [0.717, 1.165) is 29.2 Å². The van der Waals surface area contributed by atoms with Gasteiger partial charge in [0.15, 0.2) is 0 Å². The lowest BCUT2D eigenvalue weighted by atomic mass is 9.89. The summed E-state index contributed by atoms with van der Waals surface area (Å²) in [4.78, 5) is 28.6. The van der Waals surface area contributed by atoms with Crippen LogP contribution in [0.5, 0.6) is 0 Å². The Morgan fingerprint density at radius 3 is 2.48 bits per heavy atom. The van der Waals surface area contributed by atoms with Gasteiger partial charge in [-0.25, -0.2) is 9.78 Å². The number of fused-ring (bicyclic) bond motifs is 1. The van der Waals surface area contributed by atoms with Crippen molar-refractivity contribution in [2.45, 2.75) is 49.8 Å². The molecule has 1 fully saturated rings. The Labute approximate surface area is 170 Å². The van der Waals surface area contributed by atoms with Gasteiger partial charge in [0, 0.05) is 5.25 Å². The number of carbonyl (C=O) groups is 1. The van der Waals surface area contributed by atoms with Gasteiger partial charge in [0.2, 0.25) is 0 Å². The summed E-state index contributed by atoms with van der Waals surface area (Å²) in [5.74, 6) is -0.486. The van der Waals surface area contributed by atoms with Crippen LogP contribution in [0.2, 0.25) is 0 Å². The maximum absolute atomic E-state index is 12.2. The fraction of sp³-hybridized carbons (Fsp3) is 0.526. The van der Waals surface area contributed by atoms with Gasteiger partial charge in [0.1, 0.15) is 5.82 Å². The first-order valence-electron chi connectivity index (χ1n) is 9.22. The molecule has 10 heteroatoms. The second-order valence-corrected chi connectivity index (χ2v) is 8.26. The minimum atomic E-state index is -5.08. The lowest BCUT2D eigenvalue weighted by Crippen LogP contribution is -2.22. The minimum absolute atomic E-state index is 0.0314. The van der Waals surface area contributed by atoms with Crippen molar-refractivity contribution in [1.29, 1.82) is 0 Å². The number of nitrogens with one attached hydrogen (secondary N) is 1. The summed E-state index contributed by atoms with van der Waals surface area (Å²) in [7, 11) is 0. The minimum Gasteiger partial charge on any atom is -0.475 e. The van der Waals surface area contributed by atoms with E-state index in [4.69, 9.17) is 15.6 Å². The van der Waals surface area contributed by atoms with Gasteiger partial charge in [-0.1, -0.05) is 12.1 Å². The van der Waals surface area contributed by atoms with Gasteiger partial charge in [-0.15, -0.1) is 0 Å². The Hall–Kier alpha value is -2.07. The van der Waals surface area contributed by atoms with Crippen LogP contribution in [0.25, 0.3) is 10.9 Å². The summed E-state index contributed by atoms with van der Waals surface area (Å²) in [6.07, 6.45) is -0.170. The number of hydrogen-bond acceptors (Lipinski definition) is 5. The lowest BCUT2D eigenvalue weighted by Gasteiger charge is -2.27. The molecule has 3 rings (SSSR count). The number of benzene rings is 1. The van der Waals surface area contributed by atoms with Crippen LogP contribution in [0.15, 0.2) is 23.0 Å². The highest BCUT2D eigenvalue weighted by Gasteiger charge is 2.38. The molecule has 1 aromatic heterocycles. The Morgan fingerprint density at radius 2 is 1.93 bits per heavy atom. The topological polar surface area (TPSA) is 109 Å². The second kappa shape index (κ2) is 10.1. The number of thioether (sulfide) groups is 1. The third kappa shape index (κ3) is 6.74.